The maximum atomic E-state index is 13.9. The summed E-state index contributed by atoms with van der Waals surface area (Å²) in [5.74, 6) is -2.18. The van der Waals surface area contributed by atoms with Gasteiger partial charge < -0.3 is 47.7 Å². The van der Waals surface area contributed by atoms with Crippen LogP contribution in [0.15, 0.2) is 108 Å². The average Bonchev–Trinajstić information content (AvgIpc) is 3.22. The zero-order chi connectivity index (χ0) is 41.4. The molecule has 16 heteroatoms. The molecule has 14 nitrogen and oxygen atoms in total. The van der Waals surface area contributed by atoms with Crippen LogP contribution in [0.25, 0.3) is 32.7 Å². The minimum absolute atomic E-state index is 0. The Balaban J connectivity index is 0.00000480. The number of nitrogens with one attached hydrogen (secondary N) is 3. The molecule has 5 rings (SSSR count). The second kappa shape index (κ2) is 24.1. The molecule has 60 heavy (non-hydrogen) atoms. The number of nitrogens with zero attached hydrogens (tertiary/aromatic N) is 1. The lowest BCUT2D eigenvalue weighted by Crippen LogP contribution is -2.55. The SMILES string of the molecule is C[C@H](NC(=O)[C@@H](CCCN=C(N)N)NC(=O)[C@@H](CCCCN)NC(=O)COc1ccc2ccccc2c1-c1c(O)ccc2ccccc12)C(=O)OCc1ccccc1.Cl.Cl. The molecule has 0 radical (unpaired) electrons. The number of guanidine groups is 1. The zero-order valence-corrected chi connectivity index (χ0v) is 34.9. The second-order valence-electron chi connectivity index (χ2n) is 13.9. The van der Waals surface area contributed by atoms with E-state index in [2.05, 4.69) is 20.9 Å². The summed E-state index contributed by atoms with van der Waals surface area (Å²) in [4.78, 5) is 57.7. The van der Waals surface area contributed by atoms with Crippen molar-refractivity contribution in [3.8, 4) is 22.6 Å². The number of carbonyl (C=O) groups is 4. The van der Waals surface area contributed by atoms with Crippen LogP contribution < -0.4 is 37.9 Å². The van der Waals surface area contributed by atoms with Gasteiger partial charge in [0.2, 0.25) is 11.8 Å². The number of fused-ring (bicyclic) bond motifs is 2. The summed E-state index contributed by atoms with van der Waals surface area (Å²) in [5, 5.41) is 22.8. The van der Waals surface area contributed by atoms with Crippen molar-refractivity contribution in [3.63, 3.8) is 0 Å². The van der Waals surface area contributed by atoms with Crippen molar-refractivity contribution in [1.29, 1.82) is 0 Å². The minimum atomic E-state index is -1.11. The molecule has 0 aliphatic carbocycles. The van der Waals surface area contributed by atoms with Crippen LogP contribution in [-0.2, 0) is 30.5 Å². The van der Waals surface area contributed by atoms with Gasteiger partial charge in [0.1, 0.15) is 36.2 Å². The number of unbranched alkanes of at least 4 members (excludes halogenated alkanes) is 1. The molecule has 5 aromatic carbocycles. The summed E-state index contributed by atoms with van der Waals surface area (Å²) in [7, 11) is 0. The zero-order valence-electron chi connectivity index (χ0n) is 33.3. The highest BCUT2D eigenvalue weighted by atomic mass is 35.5. The number of nitrogens with two attached hydrogens (primary N) is 3. The predicted molar refractivity (Wildman–Crippen MR) is 239 cm³/mol. The van der Waals surface area contributed by atoms with Crippen LogP contribution in [0.2, 0.25) is 0 Å². The van der Waals surface area contributed by atoms with E-state index in [1.807, 2.05) is 91.0 Å². The monoisotopic (exact) mass is 861 g/mol. The van der Waals surface area contributed by atoms with Gasteiger partial charge in [-0.25, -0.2) is 4.79 Å². The Hall–Kier alpha value is -6.09. The molecule has 5 aromatic rings. The lowest BCUT2D eigenvalue weighted by atomic mass is 9.92. The maximum absolute atomic E-state index is 13.9. The normalized spacial score (nSPS) is 12.1. The predicted octanol–water partition coefficient (Wildman–Crippen LogP) is 4.99. The number of aromatic hydroxyl groups is 1. The van der Waals surface area contributed by atoms with Gasteiger partial charge in [-0.2, -0.15) is 0 Å². The van der Waals surface area contributed by atoms with Crippen LogP contribution in [0.1, 0.15) is 44.6 Å². The number of carbonyl (C=O) groups excluding carboxylic acids is 4. The molecule has 10 N–H and O–H groups in total. The molecule has 3 amide bonds. The van der Waals surface area contributed by atoms with Crippen molar-refractivity contribution >= 4 is 76.0 Å². The van der Waals surface area contributed by atoms with Gasteiger partial charge in [0, 0.05) is 17.7 Å². The largest absolute Gasteiger partial charge is 0.507 e. The quantitative estimate of drug-likeness (QED) is 0.0240. The van der Waals surface area contributed by atoms with E-state index in [4.69, 9.17) is 26.7 Å². The van der Waals surface area contributed by atoms with E-state index in [1.54, 1.807) is 12.1 Å². The number of phenols is 1. The number of halogens is 2. The molecule has 0 saturated carbocycles. The molecular formula is C44H53Cl2N7O7. The smallest absolute Gasteiger partial charge is 0.328 e. The Morgan fingerprint density at radius 2 is 1.28 bits per heavy atom. The highest BCUT2D eigenvalue weighted by Gasteiger charge is 2.29. The van der Waals surface area contributed by atoms with Gasteiger partial charge in [-0.1, -0.05) is 91.0 Å². The van der Waals surface area contributed by atoms with E-state index in [9.17, 15) is 24.3 Å². The first kappa shape index (κ1) is 48.3. The highest BCUT2D eigenvalue weighted by molar-refractivity contribution is 6.09. The highest BCUT2D eigenvalue weighted by Crippen LogP contribution is 2.45. The van der Waals surface area contributed by atoms with E-state index < -0.39 is 48.4 Å². The topological polar surface area (TPSA) is 233 Å². The summed E-state index contributed by atoms with van der Waals surface area (Å²) in [5.41, 5.74) is 18.7. The first-order chi connectivity index (χ1) is 28.0. The Kier molecular flexibility index (Phi) is 19.4. The number of benzene rings is 5. The van der Waals surface area contributed by atoms with E-state index in [1.165, 1.54) is 6.92 Å². The van der Waals surface area contributed by atoms with Crippen LogP contribution in [0, 0.1) is 0 Å². The van der Waals surface area contributed by atoms with E-state index in [0.717, 1.165) is 27.1 Å². The van der Waals surface area contributed by atoms with Crippen molar-refractivity contribution < 1.29 is 33.8 Å². The Bertz CT molecular complexity index is 2240. The van der Waals surface area contributed by atoms with Crippen LogP contribution in [0.4, 0.5) is 0 Å². The standard InChI is InChI=1S/C44H51N7O7.2ClH/c1-28(43(56)58-26-29-12-3-2-4-13-29)49-41(54)35(19-11-25-48-44(46)47)51-42(55)34(18-9-10-24-45)50-38(53)27-57-37-23-21-31-15-6-8-17-33(31)40(37)39-32-16-7-5-14-30(32)20-22-36(39)52;;/h2-8,12-17,20-23,28,34-35,52H,9-11,18-19,24-27,45H2,1H3,(H,49,54)(H,50,53)(H,51,55)(H4,46,47,48);2*1H/t28-,34+,35+;;/m0../s1. The Morgan fingerprint density at radius 3 is 1.95 bits per heavy atom. The van der Waals surface area contributed by atoms with Gasteiger partial charge in [-0.15, -0.1) is 24.8 Å². The van der Waals surface area contributed by atoms with Crippen molar-refractivity contribution in [1.82, 2.24) is 16.0 Å². The first-order valence-corrected chi connectivity index (χ1v) is 19.3. The number of ether oxygens (including phenoxy) is 2. The molecule has 0 unspecified atom stereocenters. The fraction of sp³-hybridized carbons (Fsp3) is 0.295. The second-order valence-corrected chi connectivity index (χ2v) is 13.9. The average molecular weight is 863 g/mol. The molecule has 0 aliphatic rings. The number of hydrogen-bond acceptors (Lipinski definition) is 9. The minimum Gasteiger partial charge on any atom is -0.507 e. The first-order valence-electron chi connectivity index (χ1n) is 19.3. The van der Waals surface area contributed by atoms with E-state index in [0.29, 0.717) is 42.7 Å². The summed E-state index contributed by atoms with van der Waals surface area (Å²) < 4.78 is 11.6. The van der Waals surface area contributed by atoms with E-state index >= 15 is 0 Å². The van der Waals surface area contributed by atoms with E-state index in [-0.39, 0.29) is 62.5 Å². The number of rotatable bonds is 20. The molecule has 0 spiro atoms. The Morgan fingerprint density at radius 1 is 0.700 bits per heavy atom. The van der Waals surface area contributed by atoms with Gasteiger partial charge in [0.25, 0.3) is 5.91 Å². The summed E-state index contributed by atoms with van der Waals surface area (Å²) in [6.45, 7) is 1.63. The molecule has 0 heterocycles. The van der Waals surface area contributed by atoms with Crippen LogP contribution in [0.3, 0.4) is 0 Å². The third-order valence-corrected chi connectivity index (χ3v) is 9.52. The molecule has 0 bridgehead atoms. The summed E-state index contributed by atoms with van der Waals surface area (Å²) in [6.07, 6.45) is 1.77. The third kappa shape index (κ3) is 13.5. The van der Waals surface area contributed by atoms with Gasteiger partial charge in [0.15, 0.2) is 12.6 Å². The van der Waals surface area contributed by atoms with Gasteiger partial charge in [-0.05, 0) is 84.8 Å². The number of amides is 3. The summed E-state index contributed by atoms with van der Waals surface area (Å²) in [6, 6.07) is 28.4. The van der Waals surface area contributed by atoms with Crippen LogP contribution in [0.5, 0.6) is 11.5 Å². The maximum Gasteiger partial charge on any atom is 0.328 e. The molecule has 0 fully saturated rings. The molecule has 320 valence electrons. The van der Waals surface area contributed by atoms with Crippen LogP contribution >= 0.6 is 24.8 Å². The number of hydrogen-bond donors (Lipinski definition) is 7. The lowest BCUT2D eigenvalue weighted by Gasteiger charge is -2.24. The van der Waals surface area contributed by atoms with Gasteiger partial charge in [0.05, 0.1) is 0 Å². The molecular weight excluding hydrogens is 809 g/mol. The molecule has 0 aliphatic heterocycles. The third-order valence-electron chi connectivity index (χ3n) is 9.52. The van der Waals surface area contributed by atoms with Crippen molar-refractivity contribution in [3.05, 3.63) is 109 Å². The number of phenolic OH excluding ortho intramolecular Hbond substituents is 1. The van der Waals surface area contributed by atoms with Gasteiger partial charge >= 0.3 is 5.97 Å². The molecule has 0 saturated heterocycles. The van der Waals surface area contributed by atoms with Crippen LogP contribution in [-0.4, -0.2) is 72.6 Å². The molecule has 3 atom stereocenters. The molecule has 0 aromatic heterocycles. The van der Waals surface area contributed by atoms with Gasteiger partial charge in [-0.3, -0.25) is 19.4 Å². The van der Waals surface area contributed by atoms with Crippen molar-refractivity contribution in [2.24, 2.45) is 22.2 Å². The number of esters is 1. The Labute approximate surface area is 361 Å². The fourth-order valence-corrected chi connectivity index (χ4v) is 6.56. The van der Waals surface area contributed by atoms with Crippen molar-refractivity contribution in [2.75, 3.05) is 19.7 Å². The summed E-state index contributed by atoms with van der Waals surface area (Å²) >= 11 is 0. The fourth-order valence-electron chi connectivity index (χ4n) is 6.56. The number of aliphatic imine (C=N–C) groups is 1. The van der Waals surface area contributed by atoms with Crippen molar-refractivity contribution in [2.45, 2.75) is 63.8 Å². The lowest BCUT2D eigenvalue weighted by molar-refractivity contribution is -0.148.